The molecular weight excluding hydrogens is 430 g/mol. The number of rotatable bonds is 9. The van der Waals surface area contributed by atoms with E-state index in [4.69, 9.17) is 26.1 Å². The summed E-state index contributed by atoms with van der Waals surface area (Å²) in [7, 11) is 0. The highest BCUT2D eigenvalue weighted by Crippen LogP contribution is 2.19. The Morgan fingerprint density at radius 1 is 0.938 bits per heavy atom. The third kappa shape index (κ3) is 6.66. The van der Waals surface area contributed by atoms with Gasteiger partial charge in [-0.15, -0.1) is 0 Å². The molecule has 2 aromatic carbocycles. The van der Waals surface area contributed by atoms with Crippen LogP contribution in [0.25, 0.3) is 0 Å². The number of hydrogen-bond donors (Lipinski definition) is 3. The van der Waals surface area contributed by atoms with Gasteiger partial charge in [0.1, 0.15) is 12.4 Å². The second kappa shape index (κ2) is 11.6. The molecule has 1 aromatic heterocycles. The van der Waals surface area contributed by atoms with E-state index in [1.54, 1.807) is 60.7 Å². The maximum Gasteiger partial charge on any atom is 0.291 e. The van der Waals surface area contributed by atoms with E-state index in [1.807, 2.05) is 6.92 Å². The molecule has 0 saturated heterocycles. The van der Waals surface area contributed by atoms with E-state index in [-0.39, 0.29) is 16.8 Å². The van der Waals surface area contributed by atoms with Crippen LogP contribution in [0.1, 0.15) is 27.8 Å². The Balaban J connectivity index is 1.58. The zero-order valence-corrected chi connectivity index (χ0v) is 18.2. The Bertz CT molecular complexity index is 1070. The average molecular weight is 454 g/mol. The number of anilines is 2. The molecule has 0 unspecified atom stereocenters. The van der Waals surface area contributed by atoms with Crippen molar-refractivity contribution in [3.63, 3.8) is 0 Å². The van der Waals surface area contributed by atoms with Crippen molar-refractivity contribution in [2.45, 2.75) is 6.92 Å². The highest BCUT2D eigenvalue weighted by Gasteiger charge is 2.14. The van der Waals surface area contributed by atoms with Crippen LogP contribution in [0.4, 0.5) is 11.4 Å². The first-order valence-electron chi connectivity index (χ1n) is 9.93. The van der Waals surface area contributed by atoms with E-state index in [9.17, 15) is 9.59 Å². The van der Waals surface area contributed by atoms with Crippen molar-refractivity contribution < 1.29 is 23.5 Å². The van der Waals surface area contributed by atoms with Crippen LogP contribution >= 0.6 is 12.2 Å². The number of carbonyl (C=O) groups is 2. The normalized spacial score (nSPS) is 10.3. The smallest absolute Gasteiger partial charge is 0.291 e. The van der Waals surface area contributed by atoms with Gasteiger partial charge in [0, 0.05) is 18.0 Å². The standard InChI is InChI=1S/C23H23N3O5S/c1-2-29-13-14-31-19-10-4-3-9-18(19)21(27)26-23(32)25-17-8-5-7-16(15-17)24-22(28)20-11-6-12-30-20/h3-12,15H,2,13-14H2,1H3,(H,24,28)(H2,25,26,27,32). The number of carbonyl (C=O) groups excluding carboxylic acids is 2. The molecule has 0 aliphatic carbocycles. The second-order valence-corrected chi connectivity index (χ2v) is 6.87. The summed E-state index contributed by atoms with van der Waals surface area (Å²) in [6, 6.07) is 17.0. The van der Waals surface area contributed by atoms with Crippen LogP contribution in [0, 0.1) is 0 Å². The minimum Gasteiger partial charge on any atom is -0.490 e. The molecule has 0 aliphatic heterocycles. The molecule has 0 saturated carbocycles. The maximum absolute atomic E-state index is 12.7. The zero-order chi connectivity index (χ0) is 22.8. The SMILES string of the molecule is CCOCCOc1ccccc1C(=O)NC(=S)Nc1cccc(NC(=O)c2ccco2)c1. The molecule has 166 valence electrons. The summed E-state index contributed by atoms with van der Waals surface area (Å²) in [6.07, 6.45) is 1.43. The number of benzene rings is 2. The molecule has 0 fully saturated rings. The zero-order valence-electron chi connectivity index (χ0n) is 17.4. The van der Waals surface area contributed by atoms with E-state index in [1.165, 1.54) is 6.26 Å². The fourth-order valence-corrected chi connectivity index (χ4v) is 2.95. The molecule has 2 amide bonds. The number of amides is 2. The number of nitrogens with one attached hydrogen (secondary N) is 3. The van der Waals surface area contributed by atoms with Gasteiger partial charge in [-0.05, 0) is 61.6 Å². The monoisotopic (exact) mass is 453 g/mol. The topological polar surface area (TPSA) is 102 Å². The Kier molecular flexibility index (Phi) is 8.36. The fourth-order valence-electron chi connectivity index (χ4n) is 2.74. The Morgan fingerprint density at radius 2 is 1.72 bits per heavy atom. The lowest BCUT2D eigenvalue weighted by Gasteiger charge is -2.13. The van der Waals surface area contributed by atoms with Crippen molar-refractivity contribution in [1.82, 2.24) is 5.32 Å². The Morgan fingerprint density at radius 3 is 2.47 bits per heavy atom. The molecule has 1 heterocycles. The fraction of sp³-hybridized carbons (Fsp3) is 0.174. The summed E-state index contributed by atoms with van der Waals surface area (Å²) in [4.78, 5) is 24.8. The molecule has 0 spiro atoms. The van der Waals surface area contributed by atoms with E-state index in [2.05, 4.69) is 16.0 Å². The first-order chi connectivity index (χ1) is 15.6. The average Bonchev–Trinajstić information content (AvgIpc) is 3.32. The number of ether oxygens (including phenoxy) is 2. The lowest BCUT2D eigenvalue weighted by molar-refractivity contribution is 0.0957. The van der Waals surface area contributed by atoms with Crippen molar-refractivity contribution in [3.05, 3.63) is 78.3 Å². The van der Waals surface area contributed by atoms with Crippen LogP contribution in [0.3, 0.4) is 0 Å². The molecule has 0 radical (unpaired) electrons. The molecule has 0 atom stereocenters. The van der Waals surface area contributed by atoms with Gasteiger partial charge < -0.3 is 24.5 Å². The first-order valence-corrected chi connectivity index (χ1v) is 10.3. The summed E-state index contributed by atoms with van der Waals surface area (Å²) >= 11 is 5.27. The van der Waals surface area contributed by atoms with E-state index in [0.717, 1.165) is 0 Å². The van der Waals surface area contributed by atoms with Crippen LogP contribution < -0.4 is 20.7 Å². The predicted molar refractivity (Wildman–Crippen MR) is 125 cm³/mol. The van der Waals surface area contributed by atoms with Gasteiger partial charge in [0.25, 0.3) is 11.8 Å². The summed E-state index contributed by atoms with van der Waals surface area (Å²) in [5.74, 6) is -0.135. The van der Waals surface area contributed by atoms with Gasteiger partial charge >= 0.3 is 0 Å². The van der Waals surface area contributed by atoms with Gasteiger partial charge in [-0.2, -0.15) is 0 Å². The predicted octanol–water partition coefficient (Wildman–Crippen LogP) is 4.07. The highest BCUT2D eigenvalue weighted by molar-refractivity contribution is 7.80. The highest BCUT2D eigenvalue weighted by atomic mass is 32.1. The van der Waals surface area contributed by atoms with Crippen LogP contribution in [0.15, 0.2) is 71.3 Å². The molecular formula is C23H23N3O5S. The van der Waals surface area contributed by atoms with Crippen LogP contribution in [0.5, 0.6) is 5.75 Å². The van der Waals surface area contributed by atoms with Crippen molar-refractivity contribution in [3.8, 4) is 5.75 Å². The van der Waals surface area contributed by atoms with Crippen molar-refractivity contribution in [1.29, 1.82) is 0 Å². The van der Waals surface area contributed by atoms with Crippen molar-refractivity contribution in [2.24, 2.45) is 0 Å². The van der Waals surface area contributed by atoms with Crippen LogP contribution in [-0.4, -0.2) is 36.7 Å². The van der Waals surface area contributed by atoms with Gasteiger partial charge in [-0.1, -0.05) is 18.2 Å². The van der Waals surface area contributed by atoms with Gasteiger partial charge in [0.05, 0.1) is 18.4 Å². The quantitative estimate of drug-likeness (QED) is 0.332. The van der Waals surface area contributed by atoms with Crippen LogP contribution in [-0.2, 0) is 4.74 Å². The largest absolute Gasteiger partial charge is 0.490 e. The Hall–Kier alpha value is -3.69. The summed E-state index contributed by atoms with van der Waals surface area (Å²) in [5.41, 5.74) is 1.49. The summed E-state index contributed by atoms with van der Waals surface area (Å²) in [5, 5.41) is 8.41. The Labute approximate surface area is 190 Å². The molecule has 9 heteroatoms. The van der Waals surface area contributed by atoms with Crippen molar-refractivity contribution >= 4 is 40.5 Å². The molecule has 32 heavy (non-hydrogen) atoms. The van der Waals surface area contributed by atoms with Crippen LogP contribution in [0.2, 0.25) is 0 Å². The third-order valence-electron chi connectivity index (χ3n) is 4.17. The second-order valence-electron chi connectivity index (χ2n) is 6.46. The number of thiocarbonyl (C=S) groups is 1. The first kappa shape index (κ1) is 23.0. The maximum atomic E-state index is 12.7. The number of furan rings is 1. The molecule has 0 aliphatic rings. The van der Waals surface area contributed by atoms with Gasteiger partial charge in [-0.3, -0.25) is 14.9 Å². The van der Waals surface area contributed by atoms with Crippen molar-refractivity contribution in [2.75, 3.05) is 30.5 Å². The lowest BCUT2D eigenvalue weighted by Crippen LogP contribution is -2.34. The van der Waals surface area contributed by atoms with Gasteiger partial charge in [-0.25, -0.2) is 0 Å². The number of para-hydroxylation sites is 1. The van der Waals surface area contributed by atoms with E-state index >= 15 is 0 Å². The lowest BCUT2D eigenvalue weighted by atomic mass is 10.2. The molecule has 3 rings (SSSR count). The minimum atomic E-state index is -0.406. The van der Waals surface area contributed by atoms with E-state index < -0.39 is 5.91 Å². The molecule has 8 nitrogen and oxygen atoms in total. The van der Waals surface area contributed by atoms with E-state index in [0.29, 0.717) is 42.5 Å². The molecule has 3 aromatic rings. The number of hydrogen-bond acceptors (Lipinski definition) is 6. The summed E-state index contributed by atoms with van der Waals surface area (Å²) in [6.45, 7) is 3.26. The third-order valence-corrected chi connectivity index (χ3v) is 4.38. The minimum absolute atomic E-state index is 0.105. The van der Waals surface area contributed by atoms with Gasteiger partial charge in [0.2, 0.25) is 0 Å². The molecule has 3 N–H and O–H groups in total. The molecule has 0 bridgehead atoms. The summed E-state index contributed by atoms with van der Waals surface area (Å²) < 4.78 is 16.0. The van der Waals surface area contributed by atoms with Gasteiger partial charge in [0.15, 0.2) is 10.9 Å².